The molecule has 0 spiro atoms. The molecule has 0 aliphatic carbocycles. The van der Waals surface area contributed by atoms with Crippen molar-refractivity contribution in [3.8, 4) is 6.07 Å². The molecule has 1 aromatic heterocycles. The van der Waals surface area contributed by atoms with E-state index >= 15 is 0 Å². The molecule has 8 heteroatoms. The van der Waals surface area contributed by atoms with Crippen LogP contribution >= 0.6 is 0 Å². The van der Waals surface area contributed by atoms with E-state index in [1.165, 1.54) is 0 Å². The lowest BCUT2D eigenvalue weighted by Crippen LogP contribution is -2.27. The van der Waals surface area contributed by atoms with Gasteiger partial charge in [0.15, 0.2) is 5.75 Å². The van der Waals surface area contributed by atoms with Gasteiger partial charge in [0, 0.05) is 19.3 Å². The molecule has 1 aromatic rings. The summed E-state index contributed by atoms with van der Waals surface area (Å²) in [5.41, 5.74) is 0. The SMILES string of the molecule is N#CCS(=O)(=O)NCCCn1ccnn1. The maximum absolute atomic E-state index is 11.0. The summed E-state index contributed by atoms with van der Waals surface area (Å²) in [5, 5.41) is 15.6. The molecule has 15 heavy (non-hydrogen) atoms. The molecule has 7 nitrogen and oxygen atoms in total. The normalized spacial score (nSPS) is 11.1. The van der Waals surface area contributed by atoms with E-state index in [0.29, 0.717) is 19.5 Å². The van der Waals surface area contributed by atoms with E-state index in [9.17, 15) is 8.42 Å². The number of sulfonamides is 1. The smallest absolute Gasteiger partial charge is 0.225 e. The number of nitrogens with one attached hydrogen (secondary N) is 1. The molecule has 0 aliphatic heterocycles. The van der Waals surface area contributed by atoms with Gasteiger partial charge in [-0.2, -0.15) is 5.26 Å². The number of aryl methyl sites for hydroxylation is 1. The highest BCUT2D eigenvalue weighted by Gasteiger charge is 2.07. The lowest BCUT2D eigenvalue weighted by Gasteiger charge is -2.02. The van der Waals surface area contributed by atoms with Crippen LogP contribution in [-0.4, -0.2) is 35.7 Å². The molecule has 0 atom stereocenters. The van der Waals surface area contributed by atoms with E-state index < -0.39 is 15.8 Å². The second-order valence-corrected chi connectivity index (χ2v) is 4.64. The van der Waals surface area contributed by atoms with Crippen molar-refractivity contribution in [1.29, 1.82) is 5.26 Å². The van der Waals surface area contributed by atoms with Crippen LogP contribution in [0.3, 0.4) is 0 Å². The highest BCUT2D eigenvalue weighted by Crippen LogP contribution is 1.88. The zero-order valence-corrected chi connectivity index (χ0v) is 8.81. The topological polar surface area (TPSA) is 101 Å². The zero-order valence-electron chi connectivity index (χ0n) is 8.00. The first kappa shape index (κ1) is 11.6. The van der Waals surface area contributed by atoms with Crippen LogP contribution in [-0.2, 0) is 16.6 Å². The summed E-state index contributed by atoms with van der Waals surface area (Å²) in [7, 11) is -3.43. The Balaban J connectivity index is 2.20. The van der Waals surface area contributed by atoms with Crippen molar-refractivity contribution in [3.63, 3.8) is 0 Å². The Morgan fingerprint density at radius 3 is 2.93 bits per heavy atom. The van der Waals surface area contributed by atoms with Crippen LogP contribution in [0.15, 0.2) is 12.4 Å². The van der Waals surface area contributed by atoms with Gasteiger partial charge in [-0.05, 0) is 6.42 Å². The molecule has 0 radical (unpaired) electrons. The fourth-order valence-electron chi connectivity index (χ4n) is 0.957. The molecule has 0 saturated carbocycles. The van der Waals surface area contributed by atoms with Gasteiger partial charge in [-0.1, -0.05) is 5.21 Å². The molecule has 0 saturated heterocycles. The van der Waals surface area contributed by atoms with Gasteiger partial charge in [0.2, 0.25) is 10.0 Å². The second kappa shape index (κ2) is 5.43. The number of nitrogens with zero attached hydrogens (tertiary/aromatic N) is 4. The summed E-state index contributed by atoms with van der Waals surface area (Å²) >= 11 is 0. The number of hydrogen-bond acceptors (Lipinski definition) is 5. The van der Waals surface area contributed by atoms with Gasteiger partial charge in [0.05, 0.1) is 12.3 Å². The van der Waals surface area contributed by atoms with Gasteiger partial charge in [0.1, 0.15) is 0 Å². The maximum Gasteiger partial charge on any atom is 0.225 e. The average molecular weight is 229 g/mol. The monoisotopic (exact) mass is 229 g/mol. The largest absolute Gasteiger partial charge is 0.253 e. The third-order valence-electron chi connectivity index (χ3n) is 1.61. The lowest BCUT2D eigenvalue weighted by molar-refractivity contribution is 0.543. The Labute approximate surface area is 87.8 Å². The predicted octanol–water partition coefficient (Wildman–Crippen LogP) is -0.889. The summed E-state index contributed by atoms with van der Waals surface area (Å²) < 4.78 is 26.0. The van der Waals surface area contributed by atoms with Gasteiger partial charge in [-0.25, -0.2) is 13.1 Å². The van der Waals surface area contributed by atoms with Crippen molar-refractivity contribution >= 4 is 10.0 Å². The van der Waals surface area contributed by atoms with E-state index in [1.807, 2.05) is 0 Å². The van der Waals surface area contributed by atoms with Crippen molar-refractivity contribution in [1.82, 2.24) is 19.7 Å². The highest BCUT2D eigenvalue weighted by atomic mass is 32.2. The molecule has 0 aliphatic rings. The molecule has 1 heterocycles. The molecule has 0 amide bonds. The predicted molar refractivity (Wildman–Crippen MR) is 52.0 cm³/mol. The third kappa shape index (κ3) is 4.53. The Bertz CT molecular complexity index is 419. The van der Waals surface area contributed by atoms with Crippen LogP contribution in [0.25, 0.3) is 0 Å². The fourth-order valence-corrected chi connectivity index (χ4v) is 1.68. The van der Waals surface area contributed by atoms with Gasteiger partial charge in [0.25, 0.3) is 0 Å². The third-order valence-corrected chi connectivity index (χ3v) is 2.77. The molecule has 0 bridgehead atoms. The van der Waals surface area contributed by atoms with Crippen molar-refractivity contribution in [2.45, 2.75) is 13.0 Å². The number of hydrogen-bond donors (Lipinski definition) is 1. The minimum absolute atomic E-state index is 0.296. The van der Waals surface area contributed by atoms with E-state index in [0.717, 1.165) is 0 Å². The Morgan fingerprint density at radius 2 is 2.33 bits per heavy atom. The van der Waals surface area contributed by atoms with Gasteiger partial charge in [-0.15, -0.1) is 5.10 Å². The van der Waals surface area contributed by atoms with E-state index in [4.69, 9.17) is 5.26 Å². The molecule has 0 fully saturated rings. The van der Waals surface area contributed by atoms with Crippen LogP contribution in [0.4, 0.5) is 0 Å². The standard InChI is InChI=1S/C7H11N5O2S/c8-2-7-15(13,14)10-3-1-5-12-6-4-9-11-12/h4,6,10H,1,3,5,7H2. The van der Waals surface area contributed by atoms with Gasteiger partial charge >= 0.3 is 0 Å². The summed E-state index contributed by atoms with van der Waals surface area (Å²) in [5.74, 6) is -0.504. The number of aromatic nitrogens is 3. The second-order valence-electron chi connectivity index (χ2n) is 2.83. The molecule has 0 unspecified atom stereocenters. The summed E-state index contributed by atoms with van der Waals surface area (Å²) in [4.78, 5) is 0. The van der Waals surface area contributed by atoms with Crippen molar-refractivity contribution in [3.05, 3.63) is 12.4 Å². The van der Waals surface area contributed by atoms with Gasteiger partial charge < -0.3 is 0 Å². The summed E-state index contributed by atoms with van der Waals surface area (Å²) in [6.45, 7) is 0.888. The first-order chi connectivity index (χ1) is 7.14. The van der Waals surface area contributed by atoms with E-state index in [2.05, 4.69) is 15.0 Å². The average Bonchev–Trinajstić information content (AvgIpc) is 2.65. The van der Waals surface area contributed by atoms with Crippen LogP contribution in [0.5, 0.6) is 0 Å². The first-order valence-corrected chi connectivity index (χ1v) is 5.98. The first-order valence-electron chi connectivity index (χ1n) is 4.32. The summed E-state index contributed by atoms with van der Waals surface area (Å²) in [6, 6.07) is 1.58. The molecule has 0 aromatic carbocycles. The summed E-state index contributed by atoms with van der Waals surface area (Å²) in [6.07, 6.45) is 3.86. The van der Waals surface area contributed by atoms with Gasteiger partial charge in [-0.3, -0.25) is 4.68 Å². The van der Waals surface area contributed by atoms with Crippen molar-refractivity contribution in [2.75, 3.05) is 12.3 Å². The minimum atomic E-state index is -3.43. The maximum atomic E-state index is 11.0. The van der Waals surface area contributed by atoms with Crippen LogP contribution in [0, 0.1) is 11.3 Å². The lowest BCUT2D eigenvalue weighted by atomic mass is 10.4. The zero-order chi connectivity index (χ0) is 11.1. The fraction of sp³-hybridized carbons (Fsp3) is 0.571. The van der Waals surface area contributed by atoms with Crippen molar-refractivity contribution in [2.24, 2.45) is 0 Å². The minimum Gasteiger partial charge on any atom is -0.253 e. The van der Waals surface area contributed by atoms with Crippen molar-refractivity contribution < 1.29 is 8.42 Å². The van der Waals surface area contributed by atoms with Crippen LogP contribution < -0.4 is 4.72 Å². The Kier molecular flexibility index (Phi) is 4.20. The number of nitriles is 1. The highest BCUT2D eigenvalue weighted by molar-refractivity contribution is 7.89. The van der Waals surface area contributed by atoms with E-state index in [-0.39, 0.29) is 0 Å². The van der Waals surface area contributed by atoms with Crippen LogP contribution in [0.2, 0.25) is 0 Å². The molecule has 1 rings (SSSR count). The quantitative estimate of drug-likeness (QED) is 0.638. The number of rotatable bonds is 6. The Hall–Kier alpha value is -1.46. The molecular formula is C7H11N5O2S. The Morgan fingerprint density at radius 1 is 1.53 bits per heavy atom. The molecule has 82 valence electrons. The van der Waals surface area contributed by atoms with Crippen LogP contribution in [0.1, 0.15) is 6.42 Å². The molecular weight excluding hydrogens is 218 g/mol. The van der Waals surface area contributed by atoms with E-state index in [1.54, 1.807) is 23.1 Å². The molecule has 1 N–H and O–H groups in total.